The number of rotatable bonds is 1. The molecule has 15 heavy (non-hydrogen) atoms. The van der Waals surface area contributed by atoms with Gasteiger partial charge in [0.25, 0.3) is 0 Å². The lowest BCUT2D eigenvalue weighted by atomic mass is 10.2. The van der Waals surface area contributed by atoms with E-state index in [2.05, 4.69) is 10.2 Å². The molecule has 6 heteroatoms. The smallest absolute Gasteiger partial charge is 0.225 e. The van der Waals surface area contributed by atoms with E-state index in [0.717, 1.165) is 5.56 Å². The van der Waals surface area contributed by atoms with Gasteiger partial charge in [0.2, 0.25) is 5.28 Å². The van der Waals surface area contributed by atoms with Gasteiger partial charge in [0.15, 0.2) is 5.82 Å². The molecule has 0 amide bonds. The van der Waals surface area contributed by atoms with Gasteiger partial charge in [0, 0.05) is 17.6 Å². The first-order chi connectivity index (χ1) is 7.09. The van der Waals surface area contributed by atoms with Crippen LogP contribution in [0.25, 0.3) is 11.4 Å². The first kappa shape index (κ1) is 10.7. The highest BCUT2D eigenvalue weighted by atomic mass is 35.5. The molecular formula is C9H6Cl3N3. The Labute approximate surface area is 102 Å². The van der Waals surface area contributed by atoms with E-state index in [1.807, 2.05) is 0 Å². The monoisotopic (exact) mass is 261 g/mol. The lowest BCUT2D eigenvalue weighted by Gasteiger charge is -2.03. The van der Waals surface area contributed by atoms with Gasteiger partial charge in [-0.1, -0.05) is 23.2 Å². The first-order valence-corrected chi connectivity index (χ1v) is 5.23. The summed E-state index contributed by atoms with van der Waals surface area (Å²) in [5.74, 6) is 0.613. The summed E-state index contributed by atoms with van der Waals surface area (Å²) in [7, 11) is 1.77. The number of hydrogen-bond donors (Lipinski definition) is 0. The Morgan fingerprint density at radius 2 is 1.87 bits per heavy atom. The average Bonchev–Trinajstić information content (AvgIpc) is 2.49. The van der Waals surface area contributed by atoms with Gasteiger partial charge in [-0.25, -0.2) is 0 Å². The van der Waals surface area contributed by atoms with Crippen LogP contribution in [0, 0.1) is 0 Å². The number of benzene rings is 1. The Hall–Kier alpha value is -0.770. The van der Waals surface area contributed by atoms with Crippen molar-refractivity contribution in [3.8, 4) is 11.4 Å². The van der Waals surface area contributed by atoms with Crippen molar-refractivity contribution in [2.24, 2.45) is 7.05 Å². The number of hydrogen-bond acceptors (Lipinski definition) is 2. The van der Waals surface area contributed by atoms with Crippen LogP contribution in [0.3, 0.4) is 0 Å². The topological polar surface area (TPSA) is 30.7 Å². The molecule has 0 radical (unpaired) electrons. The van der Waals surface area contributed by atoms with Crippen LogP contribution in [0.5, 0.6) is 0 Å². The summed E-state index contributed by atoms with van der Waals surface area (Å²) in [6.45, 7) is 0. The first-order valence-electron chi connectivity index (χ1n) is 4.10. The van der Waals surface area contributed by atoms with E-state index in [-0.39, 0.29) is 0 Å². The highest BCUT2D eigenvalue weighted by molar-refractivity contribution is 6.36. The largest absolute Gasteiger partial charge is 0.301 e. The molecule has 1 heterocycles. The van der Waals surface area contributed by atoms with Crippen LogP contribution in [0.2, 0.25) is 15.3 Å². The fourth-order valence-electron chi connectivity index (χ4n) is 1.22. The third-order valence-corrected chi connectivity index (χ3v) is 2.87. The molecule has 1 aromatic heterocycles. The molecule has 0 saturated heterocycles. The Morgan fingerprint density at radius 3 is 2.40 bits per heavy atom. The molecular weight excluding hydrogens is 256 g/mol. The minimum atomic E-state index is 0.316. The van der Waals surface area contributed by atoms with Gasteiger partial charge in [0.1, 0.15) is 0 Å². The fourth-order valence-corrected chi connectivity index (χ4v) is 1.83. The van der Waals surface area contributed by atoms with Crippen molar-refractivity contribution in [1.29, 1.82) is 0 Å². The summed E-state index contributed by atoms with van der Waals surface area (Å²) in [6, 6.07) is 5.18. The van der Waals surface area contributed by atoms with Crippen molar-refractivity contribution < 1.29 is 0 Å². The summed E-state index contributed by atoms with van der Waals surface area (Å²) in [6.07, 6.45) is 0. The standard InChI is InChI=1S/C9H6Cl3N3/c1-15-8(13-14-9(15)12)6-3-2-5(10)4-7(6)11/h2-4H,1H3. The van der Waals surface area contributed by atoms with E-state index >= 15 is 0 Å². The van der Waals surface area contributed by atoms with Gasteiger partial charge in [0.05, 0.1) is 5.02 Å². The van der Waals surface area contributed by atoms with E-state index in [9.17, 15) is 0 Å². The van der Waals surface area contributed by atoms with Crippen molar-refractivity contribution in [2.75, 3.05) is 0 Å². The molecule has 0 saturated carbocycles. The molecule has 2 rings (SSSR count). The van der Waals surface area contributed by atoms with Gasteiger partial charge >= 0.3 is 0 Å². The summed E-state index contributed by atoms with van der Waals surface area (Å²) >= 11 is 17.6. The zero-order chi connectivity index (χ0) is 11.0. The Bertz CT molecular complexity index is 507. The summed E-state index contributed by atoms with van der Waals surface area (Å²) in [5.41, 5.74) is 0.753. The van der Waals surface area contributed by atoms with Crippen molar-refractivity contribution in [3.05, 3.63) is 33.5 Å². The van der Waals surface area contributed by atoms with Gasteiger partial charge in [-0.3, -0.25) is 0 Å². The SMILES string of the molecule is Cn1c(Cl)nnc1-c1ccc(Cl)cc1Cl. The number of aromatic nitrogens is 3. The second kappa shape index (κ2) is 4.00. The molecule has 1 aromatic carbocycles. The molecule has 0 fully saturated rings. The maximum Gasteiger partial charge on any atom is 0.225 e. The minimum absolute atomic E-state index is 0.316. The quantitative estimate of drug-likeness (QED) is 0.788. The van der Waals surface area contributed by atoms with Crippen LogP contribution in [0.4, 0.5) is 0 Å². The zero-order valence-electron chi connectivity index (χ0n) is 7.71. The third kappa shape index (κ3) is 1.95. The van der Waals surface area contributed by atoms with Crippen LogP contribution in [0.15, 0.2) is 18.2 Å². The van der Waals surface area contributed by atoms with Crippen LogP contribution >= 0.6 is 34.8 Å². The van der Waals surface area contributed by atoms with E-state index in [1.54, 1.807) is 29.8 Å². The molecule has 0 bridgehead atoms. The summed E-state index contributed by atoms with van der Waals surface area (Å²) in [5, 5.41) is 9.09. The second-order valence-electron chi connectivity index (χ2n) is 2.98. The van der Waals surface area contributed by atoms with Crippen molar-refractivity contribution in [2.45, 2.75) is 0 Å². The lowest BCUT2D eigenvalue weighted by molar-refractivity contribution is 0.921. The Balaban J connectivity index is 2.59. The highest BCUT2D eigenvalue weighted by Crippen LogP contribution is 2.29. The van der Waals surface area contributed by atoms with E-state index in [4.69, 9.17) is 34.8 Å². The van der Waals surface area contributed by atoms with Crippen LogP contribution in [-0.2, 0) is 7.05 Å². The van der Waals surface area contributed by atoms with E-state index < -0.39 is 0 Å². The third-order valence-electron chi connectivity index (χ3n) is 1.99. The van der Waals surface area contributed by atoms with Gasteiger partial charge in [-0.05, 0) is 29.8 Å². The zero-order valence-corrected chi connectivity index (χ0v) is 9.98. The predicted molar refractivity (Wildman–Crippen MR) is 61.5 cm³/mol. The molecule has 0 unspecified atom stereocenters. The maximum atomic E-state index is 6.04. The molecule has 0 atom stereocenters. The second-order valence-corrected chi connectivity index (χ2v) is 4.16. The molecule has 0 aliphatic rings. The molecule has 0 spiro atoms. The fraction of sp³-hybridized carbons (Fsp3) is 0.111. The van der Waals surface area contributed by atoms with Crippen LogP contribution in [-0.4, -0.2) is 14.8 Å². The van der Waals surface area contributed by atoms with Gasteiger partial charge in [-0.2, -0.15) is 0 Å². The molecule has 0 aliphatic carbocycles. The average molecular weight is 263 g/mol. The molecule has 0 aliphatic heterocycles. The molecule has 78 valence electrons. The lowest BCUT2D eigenvalue weighted by Crippen LogP contribution is -1.93. The van der Waals surface area contributed by atoms with Gasteiger partial charge < -0.3 is 4.57 Å². The molecule has 2 aromatic rings. The summed E-state index contributed by atoms with van der Waals surface area (Å²) in [4.78, 5) is 0. The number of nitrogens with zero attached hydrogens (tertiary/aromatic N) is 3. The van der Waals surface area contributed by atoms with Crippen LogP contribution < -0.4 is 0 Å². The summed E-state index contributed by atoms with van der Waals surface area (Å²) < 4.78 is 1.65. The van der Waals surface area contributed by atoms with Crippen LogP contribution in [0.1, 0.15) is 0 Å². The Kier molecular flexibility index (Phi) is 2.87. The van der Waals surface area contributed by atoms with Gasteiger partial charge in [-0.15, -0.1) is 10.2 Å². The maximum absolute atomic E-state index is 6.04. The van der Waals surface area contributed by atoms with E-state index in [1.165, 1.54) is 0 Å². The highest BCUT2D eigenvalue weighted by Gasteiger charge is 2.12. The van der Waals surface area contributed by atoms with Crippen molar-refractivity contribution >= 4 is 34.8 Å². The number of halogens is 3. The van der Waals surface area contributed by atoms with Crippen molar-refractivity contribution in [3.63, 3.8) is 0 Å². The van der Waals surface area contributed by atoms with E-state index in [0.29, 0.717) is 21.2 Å². The molecule has 3 nitrogen and oxygen atoms in total. The molecule has 0 N–H and O–H groups in total. The Morgan fingerprint density at radius 1 is 1.13 bits per heavy atom. The predicted octanol–water partition coefficient (Wildman–Crippen LogP) is 3.44. The van der Waals surface area contributed by atoms with Crippen molar-refractivity contribution in [1.82, 2.24) is 14.8 Å². The normalized spacial score (nSPS) is 10.7. The minimum Gasteiger partial charge on any atom is -0.301 e.